The molecule has 0 heterocycles. The maximum atomic E-state index is 12.6. The van der Waals surface area contributed by atoms with Crippen LogP contribution in [0.15, 0.2) is 30.3 Å². The van der Waals surface area contributed by atoms with E-state index >= 15 is 0 Å². The summed E-state index contributed by atoms with van der Waals surface area (Å²) in [5.74, 6) is -0.459. The molecule has 1 aromatic rings. The zero-order valence-electron chi connectivity index (χ0n) is 14.6. The predicted molar refractivity (Wildman–Crippen MR) is 95.4 cm³/mol. The molecule has 142 valence electrons. The molecular formula is C17H30N4O4. The van der Waals surface area contributed by atoms with Gasteiger partial charge in [0.05, 0.1) is 25.9 Å². The zero-order chi connectivity index (χ0) is 18.7. The van der Waals surface area contributed by atoms with Crippen LogP contribution >= 0.6 is 0 Å². The van der Waals surface area contributed by atoms with Gasteiger partial charge in [-0.05, 0) is 12.0 Å². The lowest BCUT2D eigenvalue weighted by Gasteiger charge is -2.37. The van der Waals surface area contributed by atoms with E-state index in [4.69, 9.17) is 26.4 Å². The summed E-state index contributed by atoms with van der Waals surface area (Å²) in [6.45, 7) is 2.02. The lowest BCUT2D eigenvalue weighted by Crippen LogP contribution is -2.66. The molecule has 25 heavy (non-hydrogen) atoms. The SMILES string of the molecule is CCC(N)(OCc1ccccc1)C(NCCN)C(=O)NC(CO)CO. The molecule has 0 bridgehead atoms. The maximum absolute atomic E-state index is 12.6. The van der Waals surface area contributed by atoms with E-state index in [1.807, 2.05) is 37.3 Å². The van der Waals surface area contributed by atoms with Gasteiger partial charge in [0, 0.05) is 13.1 Å². The van der Waals surface area contributed by atoms with E-state index in [9.17, 15) is 4.79 Å². The van der Waals surface area contributed by atoms with Crippen molar-refractivity contribution in [2.75, 3.05) is 26.3 Å². The molecule has 0 aliphatic rings. The highest BCUT2D eigenvalue weighted by Crippen LogP contribution is 2.18. The minimum absolute atomic E-state index is 0.253. The number of rotatable bonds is 12. The first kappa shape index (κ1) is 21.5. The van der Waals surface area contributed by atoms with Gasteiger partial charge in [0.25, 0.3) is 0 Å². The van der Waals surface area contributed by atoms with Crippen molar-refractivity contribution in [1.29, 1.82) is 0 Å². The molecule has 8 N–H and O–H groups in total. The second-order valence-electron chi connectivity index (χ2n) is 5.83. The lowest BCUT2D eigenvalue weighted by molar-refractivity contribution is -0.139. The van der Waals surface area contributed by atoms with Crippen molar-refractivity contribution in [2.45, 2.75) is 37.8 Å². The number of benzene rings is 1. The van der Waals surface area contributed by atoms with Gasteiger partial charge < -0.3 is 37.1 Å². The topological polar surface area (TPSA) is 143 Å². The van der Waals surface area contributed by atoms with Crippen LogP contribution in [0.25, 0.3) is 0 Å². The molecule has 0 aromatic heterocycles. The van der Waals surface area contributed by atoms with Crippen LogP contribution in [0.1, 0.15) is 18.9 Å². The summed E-state index contributed by atoms with van der Waals surface area (Å²) in [4.78, 5) is 12.6. The number of ether oxygens (including phenoxy) is 1. The van der Waals surface area contributed by atoms with Crippen molar-refractivity contribution >= 4 is 5.91 Å². The highest BCUT2D eigenvalue weighted by atomic mass is 16.5. The molecule has 0 aliphatic heterocycles. The Hall–Kier alpha value is -1.55. The number of hydrogen-bond donors (Lipinski definition) is 6. The van der Waals surface area contributed by atoms with Gasteiger partial charge in [-0.1, -0.05) is 37.3 Å². The number of nitrogens with one attached hydrogen (secondary N) is 2. The highest BCUT2D eigenvalue weighted by molar-refractivity contribution is 5.83. The molecule has 2 unspecified atom stereocenters. The first-order chi connectivity index (χ1) is 12.0. The molecule has 0 fully saturated rings. The Morgan fingerprint density at radius 1 is 1.28 bits per heavy atom. The lowest BCUT2D eigenvalue weighted by atomic mass is 9.99. The van der Waals surface area contributed by atoms with Gasteiger partial charge in [-0.2, -0.15) is 0 Å². The van der Waals surface area contributed by atoms with Crippen LogP contribution in [0.4, 0.5) is 0 Å². The average Bonchev–Trinajstić information content (AvgIpc) is 2.65. The van der Waals surface area contributed by atoms with Gasteiger partial charge in [0.1, 0.15) is 11.8 Å². The largest absolute Gasteiger partial charge is 0.394 e. The second-order valence-corrected chi connectivity index (χ2v) is 5.83. The molecule has 0 saturated heterocycles. The first-order valence-electron chi connectivity index (χ1n) is 8.43. The second kappa shape index (κ2) is 11.1. The molecule has 0 saturated carbocycles. The van der Waals surface area contributed by atoms with Gasteiger partial charge in [0.15, 0.2) is 0 Å². The van der Waals surface area contributed by atoms with Gasteiger partial charge in [0.2, 0.25) is 5.91 Å². The Morgan fingerprint density at radius 2 is 1.92 bits per heavy atom. The standard InChI is InChI=1S/C17H30N4O4/c1-2-17(19,25-12-13-6-4-3-5-7-13)15(20-9-8-18)16(24)21-14(10-22)11-23/h3-7,14-15,20,22-23H,2,8-12,18-19H2,1H3,(H,21,24). The molecular weight excluding hydrogens is 324 g/mol. The molecule has 0 radical (unpaired) electrons. The monoisotopic (exact) mass is 354 g/mol. The molecule has 8 heteroatoms. The molecule has 8 nitrogen and oxygen atoms in total. The van der Waals surface area contributed by atoms with Crippen molar-refractivity contribution in [3.8, 4) is 0 Å². The summed E-state index contributed by atoms with van der Waals surface area (Å²) in [5, 5.41) is 23.9. The molecule has 1 amide bonds. The van der Waals surface area contributed by atoms with E-state index in [1.54, 1.807) is 0 Å². The van der Waals surface area contributed by atoms with Crippen LogP contribution in [0.3, 0.4) is 0 Å². The van der Waals surface area contributed by atoms with E-state index in [0.717, 1.165) is 5.56 Å². The van der Waals surface area contributed by atoms with Gasteiger partial charge in [-0.25, -0.2) is 0 Å². The minimum atomic E-state index is -1.27. The van der Waals surface area contributed by atoms with E-state index < -0.39 is 23.7 Å². The van der Waals surface area contributed by atoms with Crippen molar-refractivity contribution in [1.82, 2.24) is 10.6 Å². The van der Waals surface area contributed by atoms with Crippen molar-refractivity contribution in [3.05, 3.63) is 35.9 Å². The Morgan fingerprint density at radius 3 is 2.44 bits per heavy atom. The van der Waals surface area contributed by atoms with E-state index in [-0.39, 0.29) is 19.8 Å². The summed E-state index contributed by atoms with van der Waals surface area (Å²) in [5.41, 5.74) is 11.6. The summed E-state index contributed by atoms with van der Waals surface area (Å²) in [6.07, 6.45) is 0.373. The maximum Gasteiger partial charge on any atom is 0.241 e. The minimum Gasteiger partial charge on any atom is -0.394 e. The highest BCUT2D eigenvalue weighted by Gasteiger charge is 2.40. The number of aliphatic hydroxyl groups excluding tert-OH is 2. The summed E-state index contributed by atoms with van der Waals surface area (Å²) < 4.78 is 5.88. The number of amides is 1. The van der Waals surface area contributed by atoms with Gasteiger partial charge in [-0.3, -0.25) is 4.79 Å². The third-order valence-corrected chi connectivity index (χ3v) is 3.93. The first-order valence-corrected chi connectivity index (χ1v) is 8.43. The number of nitrogens with two attached hydrogens (primary N) is 2. The van der Waals surface area contributed by atoms with Crippen molar-refractivity contribution < 1.29 is 19.7 Å². The normalized spacial score (nSPS) is 15.0. The third kappa shape index (κ3) is 6.69. The molecule has 0 spiro atoms. The Balaban J connectivity index is 2.88. The quantitative estimate of drug-likeness (QED) is 0.255. The smallest absolute Gasteiger partial charge is 0.241 e. The summed E-state index contributed by atoms with van der Waals surface area (Å²) >= 11 is 0. The number of hydrogen-bond acceptors (Lipinski definition) is 7. The Labute approximate surface area is 148 Å². The van der Waals surface area contributed by atoms with Gasteiger partial charge in [-0.15, -0.1) is 0 Å². The number of aliphatic hydroxyl groups is 2. The summed E-state index contributed by atoms with van der Waals surface area (Å²) in [6, 6.07) is 7.87. The van der Waals surface area contributed by atoms with Crippen LogP contribution < -0.4 is 22.1 Å². The molecule has 0 aliphatic carbocycles. The number of carbonyl (C=O) groups is 1. The zero-order valence-corrected chi connectivity index (χ0v) is 14.6. The molecule has 1 rings (SSSR count). The fourth-order valence-electron chi connectivity index (χ4n) is 2.33. The van der Waals surface area contributed by atoms with E-state index in [1.165, 1.54) is 0 Å². The number of carbonyl (C=O) groups excluding carboxylic acids is 1. The molecule has 2 atom stereocenters. The third-order valence-electron chi connectivity index (χ3n) is 3.93. The fourth-order valence-corrected chi connectivity index (χ4v) is 2.33. The van der Waals surface area contributed by atoms with Crippen LogP contribution in [-0.2, 0) is 16.1 Å². The van der Waals surface area contributed by atoms with Crippen LogP contribution in [0.5, 0.6) is 0 Å². The Kier molecular flexibility index (Phi) is 9.58. The van der Waals surface area contributed by atoms with Crippen LogP contribution in [0.2, 0.25) is 0 Å². The summed E-state index contributed by atoms with van der Waals surface area (Å²) in [7, 11) is 0. The van der Waals surface area contributed by atoms with Crippen molar-refractivity contribution in [2.24, 2.45) is 11.5 Å². The van der Waals surface area contributed by atoms with E-state index in [0.29, 0.717) is 19.5 Å². The Bertz CT molecular complexity index is 499. The molecule has 1 aromatic carbocycles. The average molecular weight is 354 g/mol. The van der Waals surface area contributed by atoms with Crippen LogP contribution in [-0.4, -0.2) is 60.2 Å². The van der Waals surface area contributed by atoms with Crippen LogP contribution in [0, 0.1) is 0 Å². The van der Waals surface area contributed by atoms with E-state index in [2.05, 4.69) is 10.6 Å². The fraction of sp³-hybridized carbons (Fsp3) is 0.588. The van der Waals surface area contributed by atoms with Crippen molar-refractivity contribution in [3.63, 3.8) is 0 Å². The predicted octanol–water partition coefficient (Wildman–Crippen LogP) is -1.35. The van der Waals surface area contributed by atoms with Gasteiger partial charge >= 0.3 is 0 Å².